The highest BCUT2D eigenvalue weighted by atomic mass is 32.2. The van der Waals surface area contributed by atoms with Crippen molar-refractivity contribution in [2.75, 3.05) is 29.4 Å². The molecule has 0 spiro atoms. The van der Waals surface area contributed by atoms with E-state index in [1.807, 2.05) is 15.7 Å². The second-order valence-electron chi connectivity index (χ2n) is 6.60. The van der Waals surface area contributed by atoms with Crippen molar-refractivity contribution in [2.45, 2.75) is 19.4 Å². The first-order chi connectivity index (χ1) is 12.4. The highest BCUT2D eigenvalue weighted by Gasteiger charge is 2.24. The van der Waals surface area contributed by atoms with Crippen molar-refractivity contribution in [1.29, 1.82) is 0 Å². The van der Waals surface area contributed by atoms with Crippen LogP contribution in [0.25, 0.3) is 0 Å². The molecule has 0 aliphatic carbocycles. The summed E-state index contributed by atoms with van der Waals surface area (Å²) in [7, 11) is -3.36. The summed E-state index contributed by atoms with van der Waals surface area (Å²) in [6, 6.07) is 6.50. The van der Waals surface area contributed by atoms with E-state index in [4.69, 9.17) is 0 Å². The van der Waals surface area contributed by atoms with Gasteiger partial charge in [-0.25, -0.2) is 18.2 Å². The Kier molecular flexibility index (Phi) is 5.46. The number of urea groups is 1. The number of anilines is 2. The number of likely N-dealkylation sites (tertiary alicyclic amines) is 1. The minimum absolute atomic E-state index is 0.170. The van der Waals surface area contributed by atoms with Gasteiger partial charge in [-0.15, -0.1) is 0 Å². The van der Waals surface area contributed by atoms with Gasteiger partial charge in [0.25, 0.3) is 0 Å². The smallest absolute Gasteiger partial charge is 0.321 e. The number of nitrogens with one attached hydrogen (secondary N) is 2. The van der Waals surface area contributed by atoms with Gasteiger partial charge in [0, 0.05) is 37.7 Å². The number of piperidine rings is 1. The zero-order valence-corrected chi connectivity index (χ0v) is 15.4. The Labute approximate surface area is 153 Å². The molecule has 2 amide bonds. The average Bonchev–Trinajstić information content (AvgIpc) is 3.07. The van der Waals surface area contributed by atoms with Crippen molar-refractivity contribution in [2.24, 2.45) is 5.92 Å². The van der Waals surface area contributed by atoms with Crippen LogP contribution in [0.4, 0.5) is 16.2 Å². The van der Waals surface area contributed by atoms with Crippen molar-refractivity contribution in [3.05, 3.63) is 43.0 Å². The molecule has 1 saturated heterocycles. The molecule has 1 aromatic heterocycles. The molecule has 3 rings (SSSR count). The van der Waals surface area contributed by atoms with Gasteiger partial charge in [-0.3, -0.25) is 4.72 Å². The topological polar surface area (TPSA) is 96.3 Å². The van der Waals surface area contributed by atoms with E-state index in [2.05, 4.69) is 15.0 Å². The molecule has 1 atom stereocenters. The molecule has 2 aromatic rings. The minimum Gasteiger partial charge on any atom is -0.337 e. The summed E-state index contributed by atoms with van der Waals surface area (Å²) >= 11 is 0. The number of hydrogen-bond acceptors (Lipinski definition) is 4. The molecule has 1 fully saturated rings. The fourth-order valence-corrected chi connectivity index (χ4v) is 3.72. The van der Waals surface area contributed by atoms with Crippen LogP contribution in [0, 0.1) is 5.92 Å². The number of sulfonamides is 1. The second kappa shape index (κ2) is 7.77. The summed E-state index contributed by atoms with van der Waals surface area (Å²) in [4.78, 5) is 18.4. The molecule has 0 bridgehead atoms. The van der Waals surface area contributed by atoms with Gasteiger partial charge in [-0.05, 0) is 37.0 Å². The van der Waals surface area contributed by atoms with Gasteiger partial charge in [0.2, 0.25) is 10.0 Å². The molecular weight excluding hydrogens is 354 g/mol. The van der Waals surface area contributed by atoms with E-state index >= 15 is 0 Å². The van der Waals surface area contributed by atoms with Crippen LogP contribution < -0.4 is 10.0 Å². The summed E-state index contributed by atoms with van der Waals surface area (Å²) in [5.74, 6) is 0.391. The molecule has 9 heteroatoms. The molecular formula is C17H23N5O3S. The highest BCUT2D eigenvalue weighted by molar-refractivity contribution is 7.92. The summed E-state index contributed by atoms with van der Waals surface area (Å²) in [5.41, 5.74) is 0.974. The van der Waals surface area contributed by atoms with Crippen molar-refractivity contribution in [1.82, 2.24) is 14.5 Å². The number of nitrogens with zero attached hydrogens (tertiary/aromatic N) is 3. The third kappa shape index (κ3) is 5.22. The number of imidazole rings is 1. The first-order valence-electron chi connectivity index (χ1n) is 8.48. The van der Waals surface area contributed by atoms with Crippen molar-refractivity contribution < 1.29 is 13.2 Å². The summed E-state index contributed by atoms with van der Waals surface area (Å²) < 4.78 is 27.1. The van der Waals surface area contributed by atoms with E-state index in [0.717, 1.165) is 25.6 Å². The van der Waals surface area contributed by atoms with E-state index in [9.17, 15) is 13.2 Å². The van der Waals surface area contributed by atoms with E-state index in [1.54, 1.807) is 36.8 Å². The van der Waals surface area contributed by atoms with E-state index in [0.29, 0.717) is 30.4 Å². The Balaban J connectivity index is 1.59. The molecule has 1 aliphatic heterocycles. The number of benzene rings is 1. The zero-order valence-electron chi connectivity index (χ0n) is 14.6. The monoisotopic (exact) mass is 377 g/mol. The lowest BCUT2D eigenvalue weighted by atomic mass is 9.98. The fraction of sp³-hybridized carbons (Fsp3) is 0.412. The molecule has 8 nitrogen and oxygen atoms in total. The number of rotatable bonds is 5. The Morgan fingerprint density at radius 3 is 2.88 bits per heavy atom. The van der Waals surface area contributed by atoms with Gasteiger partial charge in [-0.2, -0.15) is 0 Å². The third-order valence-electron chi connectivity index (χ3n) is 4.25. The van der Waals surface area contributed by atoms with Gasteiger partial charge < -0.3 is 14.8 Å². The summed E-state index contributed by atoms with van der Waals surface area (Å²) in [6.45, 7) is 2.25. The van der Waals surface area contributed by atoms with Crippen LogP contribution in [-0.2, 0) is 16.6 Å². The van der Waals surface area contributed by atoms with Gasteiger partial charge in [0.15, 0.2) is 0 Å². The summed E-state index contributed by atoms with van der Waals surface area (Å²) in [5, 5.41) is 2.85. The molecule has 0 saturated carbocycles. The van der Waals surface area contributed by atoms with Crippen LogP contribution in [0.15, 0.2) is 43.0 Å². The highest BCUT2D eigenvalue weighted by Crippen LogP contribution is 2.21. The predicted molar refractivity (Wildman–Crippen MR) is 100 cm³/mol. The lowest BCUT2D eigenvalue weighted by molar-refractivity contribution is 0.170. The van der Waals surface area contributed by atoms with E-state index in [-0.39, 0.29) is 6.03 Å². The van der Waals surface area contributed by atoms with Crippen LogP contribution in [0.5, 0.6) is 0 Å². The maximum atomic E-state index is 12.6. The number of amides is 2. The van der Waals surface area contributed by atoms with Crippen LogP contribution in [0.3, 0.4) is 0 Å². The van der Waals surface area contributed by atoms with Crippen molar-refractivity contribution >= 4 is 27.4 Å². The maximum Gasteiger partial charge on any atom is 0.321 e. The number of hydrogen-bond donors (Lipinski definition) is 2. The van der Waals surface area contributed by atoms with Gasteiger partial charge >= 0.3 is 6.03 Å². The number of aromatic nitrogens is 2. The molecule has 2 N–H and O–H groups in total. The maximum absolute atomic E-state index is 12.6. The van der Waals surface area contributed by atoms with Gasteiger partial charge in [0.1, 0.15) is 0 Å². The minimum atomic E-state index is -3.36. The van der Waals surface area contributed by atoms with Gasteiger partial charge in [-0.1, -0.05) is 6.07 Å². The lowest BCUT2D eigenvalue weighted by Gasteiger charge is -2.33. The van der Waals surface area contributed by atoms with Crippen molar-refractivity contribution in [3.8, 4) is 0 Å². The number of carbonyl (C=O) groups excluding carboxylic acids is 1. The molecule has 0 unspecified atom stereocenters. The molecule has 0 radical (unpaired) electrons. The quantitative estimate of drug-likeness (QED) is 0.835. The first kappa shape index (κ1) is 18.2. The fourth-order valence-electron chi connectivity index (χ4n) is 3.17. The van der Waals surface area contributed by atoms with Crippen LogP contribution >= 0.6 is 0 Å². The molecule has 2 heterocycles. The largest absolute Gasteiger partial charge is 0.337 e. The predicted octanol–water partition coefficient (Wildman–Crippen LogP) is 2.20. The Morgan fingerprint density at radius 2 is 2.15 bits per heavy atom. The van der Waals surface area contributed by atoms with E-state index < -0.39 is 10.0 Å². The van der Waals surface area contributed by atoms with Crippen LogP contribution in [0.1, 0.15) is 12.8 Å². The third-order valence-corrected chi connectivity index (χ3v) is 4.86. The first-order valence-corrected chi connectivity index (χ1v) is 10.4. The Hall–Kier alpha value is -2.55. The van der Waals surface area contributed by atoms with Gasteiger partial charge in [0.05, 0.1) is 18.3 Å². The average molecular weight is 377 g/mol. The second-order valence-corrected chi connectivity index (χ2v) is 8.35. The number of carbonyl (C=O) groups is 1. The normalized spacial score (nSPS) is 17.7. The van der Waals surface area contributed by atoms with Crippen LogP contribution in [0.2, 0.25) is 0 Å². The molecule has 1 aromatic carbocycles. The SMILES string of the molecule is CS(=O)(=O)Nc1cccc(NC(=O)N2CCC[C@H](Cn3ccnc3)C2)c1. The van der Waals surface area contributed by atoms with Crippen LogP contribution in [-0.4, -0.2) is 48.2 Å². The zero-order chi connectivity index (χ0) is 18.6. The standard InChI is InChI=1S/C17H23N5O3S/c1-26(24,25)20-16-6-2-5-15(10-16)19-17(23)22-8-3-4-14(12-22)11-21-9-7-18-13-21/h2,5-7,9-10,13-14,20H,3-4,8,11-12H2,1H3,(H,19,23)/t14-/m1/s1. The molecule has 26 heavy (non-hydrogen) atoms. The van der Waals surface area contributed by atoms with Crippen molar-refractivity contribution in [3.63, 3.8) is 0 Å². The Bertz CT molecular complexity index is 851. The lowest BCUT2D eigenvalue weighted by Crippen LogP contribution is -2.43. The molecule has 140 valence electrons. The van der Waals surface area contributed by atoms with E-state index in [1.165, 1.54) is 0 Å². The Morgan fingerprint density at radius 1 is 1.35 bits per heavy atom. The molecule has 1 aliphatic rings. The summed E-state index contributed by atoms with van der Waals surface area (Å²) in [6.07, 6.45) is 8.61.